The average molecular weight is 433 g/mol. The number of carbonyl (C=O) groups is 1. The maximum Gasteiger partial charge on any atom is 0.253 e. The predicted octanol–water partition coefficient (Wildman–Crippen LogP) is 2.94. The van der Waals surface area contributed by atoms with E-state index in [0.29, 0.717) is 16.7 Å². The highest BCUT2D eigenvalue weighted by molar-refractivity contribution is 7.98. The molecule has 1 atom stereocenters. The molecule has 1 aliphatic rings. The molecule has 0 saturated carbocycles. The first-order valence-corrected chi connectivity index (χ1v) is 10.5. The molecule has 3 aromatic rings. The average Bonchev–Trinajstić information content (AvgIpc) is 3.10. The second-order valence-electron chi connectivity index (χ2n) is 7.11. The van der Waals surface area contributed by atoms with Crippen LogP contribution < -0.4 is 10.6 Å². The van der Waals surface area contributed by atoms with Crippen LogP contribution in [0.5, 0.6) is 0 Å². The summed E-state index contributed by atoms with van der Waals surface area (Å²) in [6.45, 7) is 5.80. The summed E-state index contributed by atoms with van der Waals surface area (Å²) in [4.78, 5) is 21.7. The summed E-state index contributed by atoms with van der Waals surface area (Å²) in [6, 6.07) is 9.91. The number of rotatable bonds is 5. The van der Waals surface area contributed by atoms with E-state index >= 15 is 0 Å². The van der Waals surface area contributed by atoms with E-state index in [9.17, 15) is 4.79 Å². The largest absolute Gasteiger partial charge is 0.348 e. The summed E-state index contributed by atoms with van der Waals surface area (Å²) in [5.41, 5.74) is 3.62. The van der Waals surface area contributed by atoms with Crippen molar-refractivity contribution in [2.45, 2.75) is 43.6 Å². The number of piperidine rings is 1. The van der Waals surface area contributed by atoms with Crippen LogP contribution in [0.15, 0.2) is 35.5 Å². The lowest BCUT2D eigenvalue weighted by molar-refractivity contribution is 0.0930. The van der Waals surface area contributed by atoms with Crippen LogP contribution in [0.1, 0.15) is 40.2 Å². The van der Waals surface area contributed by atoms with Crippen molar-refractivity contribution in [3.05, 3.63) is 52.8 Å². The standard InChI is InChI=1S/C20H24N6OS.ClH/c1-13-10-14(2)26-19(22-13)24-20(25-26)28-12-15-6-3-4-8-17(15)18(27)23-16-7-5-9-21-11-16;/h3-4,6,8,10,16,21H,5,7,9,11-12H2,1-2H3,(H,23,27);1H/t16-;/m0./s1. The number of amides is 1. The molecule has 29 heavy (non-hydrogen) atoms. The van der Waals surface area contributed by atoms with E-state index in [0.717, 1.165) is 48.4 Å². The predicted molar refractivity (Wildman–Crippen MR) is 117 cm³/mol. The molecular weight excluding hydrogens is 408 g/mol. The molecule has 154 valence electrons. The van der Waals surface area contributed by atoms with Gasteiger partial charge >= 0.3 is 0 Å². The van der Waals surface area contributed by atoms with Crippen LogP contribution in [-0.4, -0.2) is 44.6 Å². The third-order valence-electron chi connectivity index (χ3n) is 4.85. The lowest BCUT2D eigenvalue weighted by atomic mass is 10.1. The van der Waals surface area contributed by atoms with Gasteiger partial charge in [0.15, 0.2) is 0 Å². The van der Waals surface area contributed by atoms with Crippen LogP contribution in [-0.2, 0) is 5.75 Å². The van der Waals surface area contributed by atoms with Gasteiger partial charge in [0, 0.05) is 35.3 Å². The van der Waals surface area contributed by atoms with E-state index in [4.69, 9.17) is 0 Å². The van der Waals surface area contributed by atoms with Crippen LogP contribution >= 0.6 is 24.2 Å². The fraction of sp³-hybridized carbons (Fsp3) is 0.400. The van der Waals surface area contributed by atoms with Gasteiger partial charge in [-0.3, -0.25) is 4.79 Å². The minimum Gasteiger partial charge on any atom is -0.348 e. The number of aryl methyl sites for hydroxylation is 2. The van der Waals surface area contributed by atoms with Gasteiger partial charge in [-0.25, -0.2) is 9.50 Å². The Kier molecular flexibility index (Phi) is 7.10. The van der Waals surface area contributed by atoms with Crippen molar-refractivity contribution in [2.75, 3.05) is 13.1 Å². The lowest BCUT2D eigenvalue weighted by Gasteiger charge is -2.24. The maximum atomic E-state index is 12.8. The van der Waals surface area contributed by atoms with Crippen molar-refractivity contribution in [2.24, 2.45) is 0 Å². The highest BCUT2D eigenvalue weighted by Crippen LogP contribution is 2.23. The normalized spacial score (nSPS) is 16.4. The third kappa shape index (κ3) is 5.07. The van der Waals surface area contributed by atoms with E-state index in [1.807, 2.05) is 44.2 Å². The number of nitrogens with one attached hydrogen (secondary N) is 2. The van der Waals surface area contributed by atoms with Gasteiger partial charge in [0.05, 0.1) is 0 Å². The Bertz CT molecular complexity index is 1000. The maximum absolute atomic E-state index is 12.8. The van der Waals surface area contributed by atoms with Gasteiger partial charge in [-0.05, 0) is 50.9 Å². The Balaban J connectivity index is 0.00000240. The SMILES string of the molecule is Cc1cc(C)n2nc(SCc3ccccc3C(=O)N[C@H]3CCCNC3)nc2n1.Cl. The number of benzene rings is 1. The number of carbonyl (C=O) groups excluding carboxylic acids is 1. The van der Waals surface area contributed by atoms with Crippen molar-refractivity contribution < 1.29 is 4.79 Å². The second kappa shape index (κ2) is 9.56. The zero-order chi connectivity index (χ0) is 19.5. The first-order valence-electron chi connectivity index (χ1n) is 9.53. The quantitative estimate of drug-likeness (QED) is 0.603. The van der Waals surface area contributed by atoms with Crippen molar-refractivity contribution >= 4 is 35.9 Å². The molecule has 9 heteroatoms. The third-order valence-corrected chi connectivity index (χ3v) is 5.74. The molecular formula is C20H25ClN6OS. The monoisotopic (exact) mass is 432 g/mol. The van der Waals surface area contributed by atoms with Crippen molar-refractivity contribution in [1.29, 1.82) is 0 Å². The van der Waals surface area contributed by atoms with Crippen molar-refractivity contribution in [1.82, 2.24) is 30.2 Å². The Labute approximate surface area is 180 Å². The van der Waals surface area contributed by atoms with E-state index in [1.54, 1.807) is 4.52 Å². The van der Waals surface area contributed by atoms with Crippen molar-refractivity contribution in [3.63, 3.8) is 0 Å². The van der Waals surface area contributed by atoms with Crippen molar-refractivity contribution in [3.8, 4) is 0 Å². The topological polar surface area (TPSA) is 84.2 Å². The Morgan fingerprint density at radius 1 is 1.31 bits per heavy atom. The van der Waals surface area contributed by atoms with Gasteiger partial charge in [-0.15, -0.1) is 17.5 Å². The molecule has 1 aliphatic heterocycles. The van der Waals surface area contributed by atoms with E-state index in [-0.39, 0.29) is 24.4 Å². The number of halogens is 1. The molecule has 1 aromatic carbocycles. The van der Waals surface area contributed by atoms with Crippen LogP contribution in [0.4, 0.5) is 0 Å². The molecule has 1 fully saturated rings. The smallest absolute Gasteiger partial charge is 0.253 e. The molecule has 0 aliphatic carbocycles. The minimum atomic E-state index is -0.0130. The van der Waals surface area contributed by atoms with E-state index < -0.39 is 0 Å². The van der Waals surface area contributed by atoms with Gasteiger partial charge in [0.1, 0.15) is 0 Å². The van der Waals surface area contributed by atoms with E-state index in [1.165, 1.54) is 11.8 Å². The number of hydrogen-bond donors (Lipinski definition) is 2. The summed E-state index contributed by atoms with van der Waals surface area (Å²) in [5, 5.41) is 11.7. The Hall–Kier alpha value is -2.16. The van der Waals surface area contributed by atoms with Gasteiger partial charge in [-0.2, -0.15) is 4.98 Å². The molecule has 0 unspecified atom stereocenters. The molecule has 0 spiro atoms. The van der Waals surface area contributed by atoms with Gasteiger partial charge in [-0.1, -0.05) is 30.0 Å². The second-order valence-corrected chi connectivity index (χ2v) is 8.05. The fourth-order valence-corrected chi connectivity index (χ4v) is 4.28. The molecule has 1 amide bonds. The molecule has 2 N–H and O–H groups in total. The molecule has 0 radical (unpaired) electrons. The van der Waals surface area contributed by atoms with E-state index in [2.05, 4.69) is 25.7 Å². The van der Waals surface area contributed by atoms with Gasteiger partial charge in [0.2, 0.25) is 5.16 Å². The molecule has 7 nitrogen and oxygen atoms in total. The van der Waals surface area contributed by atoms with Gasteiger partial charge in [0.25, 0.3) is 11.7 Å². The summed E-state index contributed by atoms with van der Waals surface area (Å²) < 4.78 is 1.75. The van der Waals surface area contributed by atoms with Gasteiger partial charge < -0.3 is 10.6 Å². The first kappa shape index (κ1) is 21.5. The Morgan fingerprint density at radius 3 is 2.93 bits per heavy atom. The summed E-state index contributed by atoms with van der Waals surface area (Å²) in [7, 11) is 0. The minimum absolute atomic E-state index is 0. The molecule has 0 bridgehead atoms. The molecule has 2 aromatic heterocycles. The summed E-state index contributed by atoms with van der Waals surface area (Å²) >= 11 is 1.52. The highest BCUT2D eigenvalue weighted by Gasteiger charge is 2.18. The zero-order valence-corrected chi connectivity index (χ0v) is 18.1. The fourth-order valence-electron chi connectivity index (χ4n) is 3.46. The first-order chi connectivity index (χ1) is 13.6. The highest BCUT2D eigenvalue weighted by atomic mass is 35.5. The lowest BCUT2D eigenvalue weighted by Crippen LogP contribution is -2.45. The van der Waals surface area contributed by atoms with Crippen LogP contribution in [0.2, 0.25) is 0 Å². The van der Waals surface area contributed by atoms with Crippen LogP contribution in [0.25, 0.3) is 5.78 Å². The summed E-state index contributed by atoms with van der Waals surface area (Å²) in [5.74, 6) is 1.22. The Morgan fingerprint density at radius 2 is 2.14 bits per heavy atom. The number of fused-ring (bicyclic) bond motifs is 1. The number of aromatic nitrogens is 4. The number of thioether (sulfide) groups is 1. The number of hydrogen-bond acceptors (Lipinski definition) is 6. The van der Waals surface area contributed by atoms with Crippen LogP contribution in [0.3, 0.4) is 0 Å². The molecule has 3 heterocycles. The molecule has 4 rings (SSSR count). The molecule has 1 saturated heterocycles. The summed E-state index contributed by atoms with van der Waals surface area (Å²) in [6.07, 6.45) is 2.11. The van der Waals surface area contributed by atoms with Crippen LogP contribution in [0, 0.1) is 13.8 Å². The zero-order valence-electron chi connectivity index (χ0n) is 16.5. The number of nitrogens with zero attached hydrogens (tertiary/aromatic N) is 4.